The number of carbonyl (C=O) groups excluding carboxylic acids is 1. The number of aryl methyl sites for hydroxylation is 1. The zero-order valence-electron chi connectivity index (χ0n) is 16.8. The van der Waals surface area contributed by atoms with E-state index in [1.54, 1.807) is 0 Å². The summed E-state index contributed by atoms with van der Waals surface area (Å²) in [4.78, 5) is 12.7. The molecule has 1 aromatic heterocycles. The maximum atomic E-state index is 14.1. The smallest absolute Gasteiger partial charge is 0.416 e. The number of hydrogen-bond donors (Lipinski definition) is 1. The Morgan fingerprint density at radius 1 is 0.800 bits per heavy atom. The number of aromatic hydroxyl groups is 1. The molecule has 0 radical (unpaired) electrons. The molecule has 2 aromatic carbocycles. The van der Waals surface area contributed by atoms with Crippen molar-refractivity contribution in [1.82, 2.24) is 9.78 Å². The summed E-state index contributed by atoms with van der Waals surface area (Å²) >= 11 is 0. The minimum atomic E-state index is -5.33. The molecule has 0 amide bonds. The van der Waals surface area contributed by atoms with E-state index < -0.39 is 86.7 Å². The number of alkyl halides is 6. The van der Waals surface area contributed by atoms with Crippen LogP contribution in [0, 0.1) is 36.0 Å². The molecule has 0 aliphatic rings. The second kappa shape index (κ2) is 9.21. The predicted molar refractivity (Wildman–Crippen MR) is 89.6 cm³/mol. The standard InChI is InChI=1S/C19H7F11N2O2.Zn/c1-5-9(16(33)6-2-7(18(25,26)27)4-8(3-6)19(28,29)30)17(34)32(31-5)15-13(23)11(21)10(20)12(22)14(15)24;/h2-4,34H,1H3;. The van der Waals surface area contributed by atoms with Gasteiger partial charge in [0, 0.05) is 25.0 Å². The molecule has 3 rings (SSSR count). The molecule has 0 aliphatic heterocycles. The number of aromatic nitrogens is 2. The van der Waals surface area contributed by atoms with Crippen LogP contribution in [0.5, 0.6) is 5.88 Å². The molecule has 16 heteroatoms. The summed E-state index contributed by atoms with van der Waals surface area (Å²) in [6.07, 6.45) is -10.7. The molecule has 1 heterocycles. The third kappa shape index (κ3) is 4.88. The first-order chi connectivity index (χ1) is 15.5. The Kier molecular flexibility index (Phi) is 7.42. The largest absolute Gasteiger partial charge is 0.493 e. The van der Waals surface area contributed by atoms with Gasteiger partial charge in [-0.2, -0.15) is 36.1 Å². The number of hydrogen-bond acceptors (Lipinski definition) is 3. The SMILES string of the molecule is Cc1nn(-c2c(F)c(F)c(F)c(F)c2F)c(O)c1C(=O)c1cc(C(F)(F)F)cc(C(F)(F)F)c1.[Zn]. The monoisotopic (exact) mass is 568 g/mol. The van der Waals surface area contributed by atoms with Crippen LogP contribution in [0.25, 0.3) is 5.69 Å². The summed E-state index contributed by atoms with van der Waals surface area (Å²) in [6, 6.07) is -0.236. The molecule has 35 heavy (non-hydrogen) atoms. The normalized spacial score (nSPS) is 12.0. The molecule has 1 N–H and O–H groups in total. The van der Waals surface area contributed by atoms with E-state index in [0.717, 1.165) is 6.92 Å². The summed E-state index contributed by atoms with van der Waals surface area (Å²) < 4.78 is 146. The van der Waals surface area contributed by atoms with E-state index in [-0.39, 0.29) is 42.4 Å². The molecule has 3 aromatic rings. The van der Waals surface area contributed by atoms with Gasteiger partial charge in [0.15, 0.2) is 29.1 Å². The van der Waals surface area contributed by atoms with E-state index in [1.165, 1.54) is 0 Å². The Morgan fingerprint density at radius 2 is 1.20 bits per heavy atom. The molecule has 0 atom stereocenters. The molecular weight excluding hydrogens is 563 g/mol. The third-order valence-corrected chi connectivity index (χ3v) is 4.51. The fourth-order valence-electron chi connectivity index (χ4n) is 2.95. The average Bonchev–Trinajstić information content (AvgIpc) is 3.02. The predicted octanol–water partition coefficient (Wildman–Crippen LogP) is 5.85. The van der Waals surface area contributed by atoms with Crippen LogP contribution in [-0.4, -0.2) is 20.7 Å². The second-order valence-electron chi connectivity index (χ2n) is 6.74. The van der Waals surface area contributed by atoms with Crippen LogP contribution in [0.4, 0.5) is 48.3 Å². The van der Waals surface area contributed by atoms with Crippen molar-refractivity contribution in [2.75, 3.05) is 0 Å². The van der Waals surface area contributed by atoms with Crippen LogP contribution < -0.4 is 0 Å². The summed E-state index contributed by atoms with van der Waals surface area (Å²) in [5, 5.41) is 13.5. The van der Waals surface area contributed by atoms with Gasteiger partial charge < -0.3 is 5.11 Å². The Hall–Kier alpha value is -3.03. The Morgan fingerprint density at radius 3 is 1.60 bits per heavy atom. The van der Waals surface area contributed by atoms with Crippen molar-refractivity contribution < 1.29 is 77.7 Å². The van der Waals surface area contributed by atoms with Crippen molar-refractivity contribution in [3.63, 3.8) is 0 Å². The minimum Gasteiger partial charge on any atom is -0.493 e. The number of halogens is 11. The zero-order valence-corrected chi connectivity index (χ0v) is 19.8. The van der Waals surface area contributed by atoms with Gasteiger partial charge in [0.05, 0.1) is 16.8 Å². The maximum absolute atomic E-state index is 14.1. The van der Waals surface area contributed by atoms with Crippen LogP contribution in [0.1, 0.15) is 32.7 Å². The van der Waals surface area contributed by atoms with E-state index in [2.05, 4.69) is 5.10 Å². The van der Waals surface area contributed by atoms with Crippen LogP contribution >= 0.6 is 0 Å². The van der Waals surface area contributed by atoms with Crippen molar-refractivity contribution in [1.29, 1.82) is 0 Å². The Bertz CT molecular complexity index is 1270. The number of carbonyl (C=O) groups is 1. The zero-order chi connectivity index (χ0) is 25.9. The van der Waals surface area contributed by atoms with Crippen LogP contribution in [-0.2, 0) is 31.8 Å². The number of ketones is 1. The molecule has 0 saturated carbocycles. The summed E-state index contributed by atoms with van der Waals surface area (Å²) in [7, 11) is 0. The number of benzene rings is 2. The van der Waals surface area contributed by atoms with Crippen molar-refractivity contribution >= 4 is 5.78 Å². The van der Waals surface area contributed by atoms with Gasteiger partial charge in [0.25, 0.3) is 0 Å². The van der Waals surface area contributed by atoms with Crippen molar-refractivity contribution in [2.45, 2.75) is 19.3 Å². The van der Waals surface area contributed by atoms with Crippen LogP contribution in [0.15, 0.2) is 18.2 Å². The summed E-state index contributed by atoms with van der Waals surface area (Å²) in [6.45, 7) is 0.841. The summed E-state index contributed by atoms with van der Waals surface area (Å²) in [5.74, 6) is -15.7. The van der Waals surface area contributed by atoms with Crippen molar-refractivity contribution in [3.05, 3.63) is 75.2 Å². The third-order valence-electron chi connectivity index (χ3n) is 4.51. The molecule has 0 unspecified atom stereocenters. The van der Waals surface area contributed by atoms with Crippen molar-refractivity contribution in [2.24, 2.45) is 0 Å². The molecule has 0 saturated heterocycles. The Balaban J connectivity index is 0.00000432. The molecule has 4 nitrogen and oxygen atoms in total. The van der Waals surface area contributed by atoms with E-state index >= 15 is 0 Å². The van der Waals surface area contributed by atoms with E-state index in [4.69, 9.17) is 0 Å². The molecule has 184 valence electrons. The van der Waals surface area contributed by atoms with Gasteiger partial charge >= 0.3 is 12.4 Å². The van der Waals surface area contributed by atoms with Crippen molar-refractivity contribution in [3.8, 4) is 11.6 Å². The van der Waals surface area contributed by atoms with Gasteiger partial charge in [-0.3, -0.25) is 4.79 Å². The topological polar surface area (TPSA) is 55.1 Å². The fourth-order valence-corrected chi connectivity index (χ4v) is 2.95. The fraction of sp³-hybridized carbons (Fsp3) is 0.158. The van der Waals surface area contributed by atoms with Gasteiger partial charge in [-0.1, -0.05) is 0 Å². The second-order valence-corrected chi connectivity index (χ2v) is 6.74. The maximum Gasteiger partial charge on any atom is 0.416 e. The molecule has 0 bridgehead atoms. The first-order valence-electron chi connectivity index (χ1n) is 8.61. The van der Waals surface area contributed by atoms with Gasteiger partial charge in [-0.05, 0) is 25.1 Å². The Labute approximate surface area is 199 Å². The minimum absolute atomic E-state index is 0. The molecule has 0 aliphatic carbocycles. The van der Waals surface area contributed by atoms with E-state index in [0.29, 0.717) is 0 Å². The van der Waals surface area contributed by atoms with Gasteiger partial charge in [-0.25, -0.2) is 22.0 Å². The van der Waals surface area contributed by atoms with Gasteiger partial charge in [0.2, 0.25) is 11.7 Å². The van der Waals surface area contributed by atoms with Crippen LogP contribution in [0.2, 0.25) is 0 Å². The summed E-state index contributed by atoms with van der Waals surface area (Å²) in [5.41, 5.74) is -8.70. The quantitative estimate of drug-likeness (QED) is 0.142. The van der Waals surface area contributed by atoms with Gasteiger partial charge in [-0.15, -0.1) is 0 Å². The van der Waals surface area contributed by atoms with E-state index in [9.17, 15) is 58.2 Å². The number of nitrogens with zero attached hydrogens (tertiary/aromatic N) is 2. The molecule has 0 fully saturated rings. The van der Waals surface area contributed by atoms with Gasteiger partial charge in [0.1, 0.15) is 11.3 Å². The van der Waals surface area contributed by atoms with Crippen LogP contribution in [0.3, 0.4) is 0 Å². The number of rotatable bonds is 3. The first kappa shape index (κ1) is 28.2. The molecule has 0 spiro atoms. The molecular formula is C19H7F11N2O2Zn. The first-order valence-corrected chi connectivity index (χ1v) is 8.61. The average molecular weight is 570 g/mol. The van der Waals surface area contributed by atoms with E-state index in [1.807, 2.05) is 0 Å².